The summed E-state index contributed by atoms with van der Waals surface area (Å²) in [7, 11) is 1.61. The molecule has 90 valence electrons. The maximum atomic E-state index is 12.1. The molecule has 1 N–H and O–H groups in total. The third-order valence-corrected chi connectivity index (χ3v) is 2.19. The zero-order valence-electron chi connectivity index (χ0n) is 9.58. The van der Waals surface area contributed by atoms with Crippen molar-refractivity contribution in [1.29, 1.82) is 0 Å². The summed E-state index contributed by atoms with van der Waals surface area (Å²) in [5, 5.41) is 3.17. The summed E-state index contributed by atoms with van der Waals surface area (Å²) < 4.78 is 24.3. The Bertz CT molecular complexity index is 301. The highest BCUT2D eigenvalue weighted by Gasteiger charge is 2.09. The molecule has 0 spiro atoms. The van der Waals surface area contributed by atoms with Gasteiger partial charge in [0.05, 0.1) is 6.54 Å². The highest BCUT2D eigenvalue weighted by Crippen LogP contribution is 2.10. The zero-order chi connectivity index (χ0) is 12.0. The molecule has 0 unspecified atom stereocenters. The first-order chi connectivity index (χ1) is 7.63. The molecule has 0 fully saturated rings. The van der Waals surface area contributed by atoms with E-state index in [4.69, 9.17) is 0 Å². The van der Waals surface area contributed by atoms with Gasteiger partial charge in [-0.05, 0) is 18.2 Å². The second kappa shape index (κ2) is 6.37. The van der Waals surface area contributed by atoms with E-state index in [1.807, 2.05) is 13.0 Å². The molecule has 0 aliphatic carbocycles. The molecule has 0 saturated heterocycles. The monoisotopic (exact) mass is 229 g/mol. The summed E-state index contributed by atoms with van der Waals surface area (Å²) in [6.07, 6.45) is -0.631. The molecule has 1 aromatic rings. The summed E-state index contributed by atoms with van der Waals surface area (Å²) in [4.78, 5) is 5.58. The summed E-state index contributed by atoms with van der Waals surface area (Å²) >= 11 is 0. The highest BCUT2D eigenvalue weighted by molar-refractivity contribution is 5.38. The number of nitrogens with one attached hydrogen (secondary N) is 1. The Kier molecular flexibility index (Phi) is 5.11. The molecule has 0 saturated carbocycles. The normalized spacial score (nSPS) is 10.8. The van der Waals surface area contributed by atoms with Crippen LogP contribution in [-0.2, 0) is 6.54 Å². The summed E-state index contributed by atoms with van der Waals surface area (Å²) in [5.41, 5.74) is 1.05. The molecule has 1 heterocycles. The van der Waals surface area contributed by atoms with Gasteiger partial charge in [-0.2, -0.15) is 0 Å². The smallest absolute Gasteiger partial charge is 0.255 e. The maximum Gasteiger partial charge on any atom is 0.255 e. The number of pyridine rings is 1. The molecule has 0 amide bonds. The van der Waals surface area contributed by atoms with Crippen molar-refractivity contribution in [3.05, 3.63) is 23.9 Å². The third kappa shape index (κ3) is 4.10. The first-order valence-corrected chi connectivity index (χ1v) is 5.28. The Balaban J connectivity index is 2.56. The van der Waals surface area contributed by atoms with Crippen LogP contribution in [0.4, 0.5) is 14.6 Å². The van der Waals surface area contributed by atoms with Crippen LogP contribution in [0.5, 0.6) is 0 Å². The molecule has 16 heavy (non-hydrogen) atoms. The predicted octanol–water partition coefficient (Wildman–Crippen LogP) is 1.89. The largest absolute Gasteiger partial charge is 0.354 e. The lowest BCUT2D eigenvalue weighted by Crippen LogP contribution is -2.24. The van der Waals surface area contributed by atoms with Crippen LogP contribution in [0, 0.1) is 0 Å². The molecule has 0 aliphatic rings. The zero-order valence-corrected chi connectivity index (χ0v) is 9.58. The Morgan fingerprint density at radius 1 is 1.44 bits per heavy atom. The van der Waals surface area contributed by atoms with Gasteiger partial charge >= 0.3 is 0 Å². The Labute approximate surface area is 94.5 Å². The molecule has 0 aromatic carbocycles. The van der Waals surface area contributed by atoms with E-state index in [2.05, 4.69) is 10.3 Å². The van der Waals surface area contributed by atoms with Crippen LogP contribution in [0.2, 0.25) is 0 Å². The maximum absolute atomic E-state index is 12.1. The summed E-state index contributed by atoms with van der Waals surface area (Å²) in [6.45, 7) is 3.38. The number of aromatic nitrogens is 1. The Morgan fingerprint density at radius 2 is 2.19 bits per heavy atom. The van der Waals surface area contributed by atoms with Crippen LogP contribution in [0.1, 0.15) is 12.5 Å². The van der Waals surface area contributed by atoms with Gasteiger partial charge < -0.3 is 10.2 Å². The first kappa shape index (κ1) is 12.8. The van der Waals surface area contributed by atoms with Crippen LogP contribution >= 0.6 is 0 Å². The van der Waals surface area contributed by atoms with Gasteiger partial charge in [-0.25, -0.2) is 13.8 Å². The lowest BCUT2D eigenvalue weighted by molar-refractivity contribution is 0.156. The number of nitrogens with zero attached hydrogens (tertiary/aromatic N) is 2. The van der Waals surface area contributed by atoms with Crippen molar-refractivity contribution in [3.8, 4) is 0 Å². The second-order valence-electron chi connectivity index (χ2n) is 3.58. The fourth-order valence-corrected chi connectivity index (χ4v) is 1.32. The minimum atomic E-state index is -2.34. The van der Waals surface area contributed by atoms with Crippen molar-refractivity contribution < 1.29 is 8.78 Å². The molecule has 0 atom stereocenters. The van der Waals surface area contributed by atoms with Crippen LogP contribution < -0.4 is 10.2 Å². The van der Waals surface area contributed by atoms with Crippen LogP contribution in [0.3, 0.4) is 0 Å². The molecule has 0 aliphatic heterocycles. The van der Waals surface area contributed by atoms with E-state index in [1.165, 1.54) is 4.90 Å². The van der Waals surface area contributed by atoms with E-state index in [-0.39, 0.29) is 6.54 Å². The number of alkyl halides is 2. The molecule has 1 aromatic heterocycles. The third-order valence-electron chi connectivity index (χ3n) is 2.19. The first-order valence-electron chi connectivity index (χ1n) is 5.28. The molecule has 5 heteroatoms. The van der Waals surface area contributed by atoms with E-state index in [0.29, 0.717) is 5.82 Å². The van der Waals surface area contributed by atoms with Crippen molar-refractivity contribution >= 4 is 5.82 Å². The van der Waals surface area contributed by atoms with Crippen LogP contribution in [-0.4, -0.2) is 31.5 Å². The minimum absolute atomic E-state index is 0.292. The van der Waals surface area contributed by atoms with E-state index in [0.717, 1.165) is 18.7 Å². The van der Waals surface area contributed by atoms with E-state index >= 15 is 0 Å². The topological polar surface area (TPSA) is 28.2 Å². The van der Waals surface area contributed by atoms with Gasteiger partial charge in [0.15, 0.2) is 0 Å². The van der Waals surface area contributed by atoms with E-state index in [9.17, 15) is 8.78 Å². The predicted molar refractivity (Wildman–Crippen MR) is 60.9 cm³/mol. The lowest BCUT2D eigenvalue weighted by atomic mass is 10.3. The van der Waals surface area contributed by atoms with Crippen molar-refractivity contribution in [2.75, 3.05) is 25.0 Å². The molecule has 0 bridgehead atoms. The van der Waals surface area contributed by atoms with Crippen molar-refractivity contribution in [2.24, 2.45) is 0 Å². The summed E-state index contributed by atoms with van der Waals surface area (Å²) in [5.74, 6) is 0.570. The number of halogens is 2. The van der Waals surface area contributed by atoms with Gasteiger partial charge in [0.1, 0.15) is 5.82 Å². The molecule has 3 nitrogen and oxygen atoms in total. The number of hydrogen-bond donors (Lipinski definition) is 1. The van der Waals surface area contributed by atoms with Crippen molar-refractivity contribution in [2.45, 2.75) is 19.9 Å². The Hall–Kier alpha value is -1.23. The van der Waals surface area contributed by atoms with Gasteiger partial charge in [-0.15, -0.1) is 0 Å². The highest BCUT2D eigenvalue weighted by atomic mass is 19.3. The SMILES string of the molecule is CCNCc1ccc(N(C)CC(F)F)nc1. The molecular formula is C11H17F2N3. The lowest BCUT2D eigenvalue weighted by Gasteiger charge is -2.17. The van der Waals surface area contributed by atoms with E-state index < -0.39 is 6.43 Å². The Morgan fingerprint density at radius 3 is 2.69 bits per heavy atom. The van der Waals surface area contributed by atoms with Crippen LogP contribution in [0.25, 0.3) is 0 Å². The fraction of sp³-hybridized carbons (Fsp3) is 0.545. The van der Waals surface area contributed by atoms with Gasteiger partial charge in [0.2, 0.25) is 0 Å². The molecule has 0 radical (unpaired) electrons. The van der Waals surface area contributed by atoms with Crippen molar-refractivity contribution in [3.63, 3.8) is 0 Å². The summed E-state index contributed by atoms with van der Waals surface area (Å²) in [6, 6.07) is 3.65. The van der Waals surface area contributed by atoms with Gasteiger partial charge in [-0.1, -0.05) is 13.0 Å². The average Bonchev–Trinajstić information content (AvgIpc) is 2.26. The molecular weight excluding hydrogens is 212 g/mol. The quantitative estimate of drug-likeness (QED) is 0.807. The standard InChI is InChI=1S/C11H17F2N3/c1-3-14-6-9-4-5-11(15-7-9)16(2)8-10(12)13/h4-5,7,10,14H,3,6,8H2,1-2H3. The minimum Gasteiger partial charge on any atom is -0.354 e. The van der Waals surface area contributed by atoms with Crippen molar-refractivity contribution in [1.82, 2.24) is 10.3 Å². The number of hydrogen-bond acceptors (Lipinski definition) is 3. The van der Waals surface area contributed by atoms with Crippen LogP contribution in [0.15, 0.2) is 18.3 Å². The number of rotatable bonds is 6. The second-order valence-corrected chi connectivity index (χ2v) is 3.58. The van der Waals surface area contributed by atoms with E-state index in [1.54, 1.807) is 19.3 Å². The number of anilines is 1. The van der Waals surface area contributed by atoms with Gasteiger partial charge in [-0.3, -0.25) is 0 Å². The average molecular weight is 229 g/mol. The fourth-order valence-electron chi connectivity index (χ4n) is 1.32. The molecule has 1 rings (SSSR count). The van der Waals surface area contributed by atoms with Gasteiger partial charge in [0.25, 0.3) is 6.43 Å². The van der Waals surface area contributed by atoms with Gasteiger partial charge in [0, 0.05) is 19.8 Å².